The van der Waals surface area contributed by atoms with Gasteiger partial charge in [0.1, 0.15) is 0 Å². The van der Waals surface area contributed by atoms with Crippen LogP contribution in [0.5, 0.6) is 0 Å². The first kappa shape index (κ1) is 14.5. The van der Waals surface area contributed by atoms with Gasteiger partial charge in [-0.05, 0) is 17.9 Å². The molecule has 114 valence electrons. The zero-order valence-corrected chi connectivity index (χ0v) is 13.6. The fourth-order valence-electron chi connectivity index (χ4n) is 3.43. The Morgan fingerprint density at radius 1 is 0.957 bits per heavy atom. The Kier molecular flexibility index (Phi) is 3.92. The van der Waals surface area contributed by atoms with Crippen LogP contribution in [0.4, 0.5) is 0 Å². The summed E-state index contributed by atoms with van der Waals surface area (Å²) in [6, 6.07) is 20.1. The van der Waals surface area contributed by atoms with E-state index in [0.29, 0.717) is 11.2 Å². The van der Waals surface area contributed by atoms with Crippen LogP contribution in [-0.2, 0) is 0 Å². The third-order valence-corrected chi connectivity index (χ3v) is 6.04. The summed E-state index contributed by atoms with van der Waals surface area (Å²) in [7, 11) is 0. The molecule has 0 unspecified atom stereocenters. The van der Waals surface area contributed by atoms with Crippen molar-refractivity contribution in [2.75, 3.05) is 0 Å². The molecule has 4 rings (SSSR count). The van der Waals surface area contributed by atoms with Gasteiger partial charge in [0.15, 0.2) is 5.78 Å². The van der Waals surface area contributed by atoms with Crippen molar-refractivity contribution in [2.45, 2.75) is 11.7 Å². The molecule has 2 aromatic rings. The van der Waals surface area contributed by atoms with E-state index in [-0.39, 0.29) is 11.7 Å². The number of Topliss-reactive ketones (excluding diaryl/α,β-unsaturated/α-hetero) is 1. The van der Waals surface area contributed by atoms with E-state index in [1.807, 2.05) is 48.2 Å². The Labute approximate surface area is 141 Å². The first-order valence-electron chi connectivity index (χ1n) is 8.03. The standard InChI is InChI=1S/C21H18OS/c22-21(16-10-5-2-6-11-16)18-14-20(15-8-3-1-4-9-15)23-19-13-7-12-17(18)19/h1-11,13-14,17-19H,12H2/t17-,18+,19-/m0/s1. The minimum atomic E-state index is -0.0335. The SMILES string of the molecule is O=C(c1ccccc1)[C@@H]1C=C(c2ccccc2)S[C@H]2C=CC[C@H]21. The summed E-state index contributed by atoms with van der Waals surface area (Å²) in [5.74, 6) is 0.604. The van der Waals surface area contributed by atoms with E-state index in [1.165, 1.54) is 10.5 Å². The molecular weight excluding hydrogens is 300 g/mol. The number of hydrogen-bond donors (Lipinski definition) is 0. The van der Waals surface area contributed by atoms with E-state index in [0.717, 1.165) is 12.0 Å². The number of rotatable bonds is 3. The van der Waals surface area contributed by atoms with Crippen molar-refractivity contribution in [3.05, 3.63) is 90.0 Å². The summed E-state index contributed by atoms with van der Waals surface area (Å²) in [5.41, 5.74) is 2.03. The Morgan fingerprint density at radius 3 is 2.39 bits per heavy atom. The monoisotopic (exact) mass is 318 g/mol. The number of fused-ring (bicyclic) bond motifs is 1. The van der Waals surface area contributed by atoms with Gasteiger partial charge in [0, 0.05) is 21.6 Å². The molecule has 23 heavy (non-hydrogen) atoms. The molecule has 0 bridgehead atoms. The summed E-state index contributed by atoms with van der Waals surface area (Å²) in [5, 5.41) is 0.410. The second kappa shape index (κ2) is 6.21. The van der Waals surface area contributed by atoms with Gasteiger partial charge >= 0.3 is 0 Å². The molecule has 1 aliphatic heterocycles. The van der Waals surface area contributed by atoms with Gasteiger partial charge in [0.2, 0.25) is 0 Å². The second-order valence-electron chi connectivity index (χ2n) is 6.06. The van der Waals surface area contributed by atoms with Gasteiger partial charge in [-0.1, -0.05) is 78.9 Å². The van der Waals surface area contributed by atoms with Gasteiger partial charge in [0.05, 0.1) is 0 Å². The average Bonchev–Trinajstić information content (AvgIpc) is 3.10. The van der Waals surface area contributed by atoms with E-state index in [1.54, 1.807) is 0 Å². The van der Waals surface area contributed by atoms with E-state index >= 15 is 0 Å². The molecule has 2 heteroatoms. The van der Waals surface area contributed by atoms with Crippen molar-refractivity contribution in [3.8, 4) is 0 Å². The summed E-state index contributed by atoms with van der Waals surface area (Å²) in [4.78, 5) is 14.3. The highest BCUT2D eigenvalue weighted by Gasteiger charge is 2.38. The van der Waals surface area contributed by atoms with Gasteiger partial charge in [-0.3, -0.25) is 4.79 Å². The minimum Gasteiger partial charge on any atom is -0.294 e. The normalized spacial score (nSPS) is 25.7. The Hall–Kier alpha value is -2.06. The molecule has 1 aliphatic carbocycles. The first-order valence-corrected chi connectivity index (χ1v) is 8.91. The molecule has 0 aromatic heterocycles. The molecule has 0 saturated carbocycles. The van der Waals surface area contributed by atoms with Crippen molar-refractivity contribution >= 4 is 22.5 Å². The lowest BCUT2D eigenvalue weighted by molar-refractivity contribution is 0.0913. The van der Waals surface area contributed by atoms with Gasteiger partial charge in [0.25, 0.3) is 0 Å². The topological polar surface area (TPSA) is 17.1 Å². The molecule has 0 spiro atoms. The number of ketones is 1. The zero-order chi connectivity index (χ0) is 15.6. The summed E-state index contributed by atoms with van der Waals surface area (Å²) >= 11 is 1.89. The Morgan fingerprint density at radius 2 is 1.65 bits per heavy atom. The van der Waals surface area contributed by atoms with Crippen LogP contribution in [0.25, 0.3) is 4.91 Å². The number of allylic oxidation sites excluding steroid dienone is 2. The fraction of sp³-hybridized carbons (Fsp3) is 0.190. The Bertz CT molecular complexity index is 761. The minimum absolute atomic E-state index is 0.0335. The number of benzene rings is 2. The molecule has 3 atom stereocenters. The molecule has 0 fully saturated rings. The Balaban J connectivity index is 1.72. The smallest absolute Gasteiger partial charge is 0.170 e. The maximum atomic E-state index is 13.0. The third kappa shape index (κ3) is 2.79. The van der Waals surface area contributed by atoms with Crippen molar-refractivity contribution in [3.63, 3.8) is 0 Å². The quantitative estimate of drug-likeness (QED) is 0.570. The van der Waals surface area contributed by atoms with Crippen LogP contribution in [0.15, 0.2) is 78.9 Å². The predicted molar refractivity (Wildman–Crippen MR) is 97.3 cm³/mol. The van der Waals surface area contributed by atoms with E-state index in [9.17, 15) is 4.79 Å². The van der Waals surface area contributed by atoms with Crippen LogP contribution >= 0.6 is 11.8 Å². The van der Waals surface area contributed by atoms with Crippen LogP contribution in [0.1, 0.15) is 22.3 Å². The second-order valence-corrected chi connectivity index (χ2v) is 7.28. The molecule has 2 aromatic carbocycles. The molecule has 2 aliphatic rings. The van der Waals surface area contributed by atoms with E-state index in [2.05, 4.69) is 42.5 Å². The van der Waals surface area contributed by atoms with Crippen LogP contribution in [0, 0.1) is 11.8 Å². The third-order valence-electron chi connectivity index (χ3n) is 4.63. The molecular formula is C21H18OS. The highest BCUT2D eigenvalue weighted by atomic mass is 32.2. The fourth-order valence-corrected chi connectivity index (χ4v) is 4.86. The van der Waals surface area contributed by atoms with Crippen molar-refractivity contribution < 1.29 is 4.79 Å². The lowest BCUT2D eigenvalue weighted by Crippen LogP contribution is -2.29. The largest absolute Gasteiger partial charge is 0.294 e. The van der Waals surface area contributed by atoms with Crippen LogP contribution in [0.3, 0.4) is 0 Å². The zero-order valence-electron chi connectivity index (χ0n) is 12.8. The lowest BCUT2D eigenvalue weighted by Gasteiger charge is -2.31. The lowest BCUT2D eigenvalue weighted by atomic mass is 9.83. The van der Waals surface area contributed by atoms with Crippen molar-refractivity contribution in [1.82, 2.24) is 0 Å². The number of hydrogen-bond acceptors (Lipinski definition) is 2. The molecule has 0 radical (unpaired) electrons. The summed E-state index contributed by atoms with van der Waals surface area (Å²) < 4.78 is 0. The van der Waals surface area contributed by atoms with Crippen LogP contribution in [-0.4, -0.2) is 11.0 Å². The maximum absolute atomic E-state index is 13.0. The van der Waals surface area contributed by atoms with Gasteiger partial charge < -0.3 is 0 Å². The van der Waals surface area contributed by atoms with E-state index < -0.39 is 0 Å². The number of carbonyl (C=O) groups is 1. The first-order chi connectivity index (χ1) is 11.3. The summed E-state index contributed by atoms with van der Waals surface area (Å²) in [6.07, 6.45) is 7.70. The molecule has 0 saturated heterocycles. The number of carbonyl (C=O) groups excluding carboxylic acids is 1. The van der Waals surface area contributed by atoms with E-state index in [4.69, 9.17) is 0 Å². The van der Waals surface area contributed by atoms with Gasteiger partial charge in [-0.2, -0.15) is 0 Å². The van der Waals surface area contributed by atoms with Gasteiger partial charge in [-0.15, -0.1) is 11.8 Å². The molecule has 1 nitrogen and oxygen atoms in total. The molecule has 0 N–H and O–H groups in total. The van der Waals surface area contributed by atoms with Crippen molar-refractivity contribution in [2.24, 2.45) is 11.8 Å². The maximum Gasteiger partial charge on any atom is 0.170 e. The van der Waals surface area contributed by atoms with Crippen LogP contribution in [0.2, 0.25) is 0 Å². The van der Waals surface area contributed by atoms with Crippen molar-refractivity contribution in [1.29, 1.82) is 0 Å². The molecule has 1 heterocycles. The highest BCUT2D eigenvalue weighted by molar-refractivity contribution is 8.09. The highest BCUT2D eigenvalue weighted by Crippen LogP contribution is 2.48. The van der Waals surface area contributed by atoms with Crippen LogP contribution < -0.4 is 0 Å². The van der Waals surface area contributed by atoms with Gasteiger partial charge in [-0.25, -0.2) is 0 Å². The average molecular weight is 318 g/mol. The summed E-state index contributed by atoms with van der Waals surface area (Å²) in [6.45, 7) is 0. The number of thioether (sulfide) groups is 1. The predicted octanol–water partition coefficient (Wildman–Crippen LogP) is 5.22. The molecule has 0 amide bonds.